The summed E-state index contributed by atoms with van der Waals surface area (Å²) in [5, 5.41) is 0. The molecule has 1 heterocycles. The van der Waals surface area contributed by atoms with Crippen LogP contribution in [-0.4, -0.2) is 9.97 Å². The summed E-state index contributed by atoms with van der Waals surface area (Å²) in [7, 11) is 0. The Hall–Kier alpha value is -0.640. The molecule has 0 bridgehead atoms. The topological polar surface area (TPSA) is 45.8 Å². The quantitative estimate of drug-likeness (QED) is 0.692. The molecule has 0 atom stereocenters. The summed E-state index contributed by atoms with van der Waals surface area (Å²) in [6.07, 6.45) is 0. The molecule has 0 unspecified atom stereocenters. The van der Waals surface area contributed by atoms with Gasteiger partial charge in [-0.1, -0.05) is 20.8 Å². The van der Waals surface area contributed by atoms with Gasteiger partial charge in [0.05, 0.1) is 5.69 Å². The molecule has 0 fully saturated rings. The summed E-state index contributed by atoms with van der Waals surface area (Å²) < 4.78 is 0.486. The minimum Gasteiger partial charge on any atom is -0.301 e. The molecule has 0 aliphatic carbocycles. The highest BCUT2D eigenvalue weighted by Gasteiger charge is 2.16. The van der Waals surface area contributed by atoms with Gasteiger partial charge in [0.2, 0.25) is 0 Å². The molecular formula is C8H11BrN2O. The Kier molecular flexibility index (Phi) is 2.37. The van der Waals surface area contributed by atoms with E-state index in [1.165, 1.54) is 6.07 Å². The number of nitrogens with zero attached hydrogens (tertiary/aromatic N) is 1. The average Bonchev–Trinajstić information content (AvgIpc) is 1.82. The molecule has 1 aromatic rings. The van der Waals surface area contributed by atoms with Crippen molar-refractivity contribution in [3.63, 3.8) is 0 Å². The Morgan fingerprint density at radius 1 is 1.50 bits per heavy atom. The van der Waals surface area contributed by atoms with Crippen molar-refractivity contribution in [3.8, 4) is 0 Å². The van der Waals surface area contributed by atoms with Gasteiger partial charge in [-0.2, -0.15) is 0 Å². The Morgan fingerprint density at radius 3 is 2.50 bits per heavy atom. The summed E-state index contributed by atoms with van der Waals surface area (Å²) >= 11 is 3.14. The molecule has 12 heavy (non-hydrogen) atoms. The molecule has 1 rings (SSSR count). The van der Waals surface area contributed by atoms with Crippen LogP contribution in [-0.2, 0) is 5.41 Å². The van der Waals surface area contributed by atoms with Crippen LogP contribution in [0.2, 0.25) is 0 Å². The first-order valence-corrected chi connectivity index (χ1v) is 4.46. The molecule has 0 radical (unpaired) electrons. The molecule has 0 aromatic carbocycles. The van der Waals surface area contributed by atoms with Crippen molar-refractivity contribution < 1.29 is 0 Å². The fraction of sp³-hybridized carbons (Fsp3) is 0.500. The number of aromatic amines is 1. The highest BCUT2D eigenvalue weighted by Crippen LogP contribution is 2.18. The van der Waals surface area contributed by atoms with E-state index in [1.54, 1.807) is 0 Å². The van der Waals surface area contributed by atoms with Crippen LogP contribution in [0.3, 0.4) is 0 Å². The van der Waals surface area contributed by atoms with E-state index in [1.807, 2.05) is 20.8 Å². The van der Waals surface area contributed by atoms with Crippen molar-refractivity contribution in [3.05, 3.63) is 26.8 Å². The minimum absolute atomic E-state index is 0.0865. The van der Waals surface area contributed by atoms with Gasteiger partial charge in [-0.05, 0) is 15.9 Å². The number of rotatable bonds is 0. The normalized spacial score (nSPS) is 11.7. The standard InChI is InChI=1S/C8H11BrN2O/c1-8(2,3)5-4-6(12)11-7(9)10-5/h4H,1-3H3,(H,10,11,12). The first kappa shape index (κ1) is 9.45. The molecule has 0 amide bonds. The largest absolute Gasteiger partial charge is 0.301 e. The number of nitrogens with one attached hydrogen (secondary N) is 1. The summed E-state index contributed by atoms with van der Waals surface area (Å²) in [4.78, 5) is 17.7. The molecule has 0 aliphatic rings. The van der Waals surface area contributed by atoms with E-state index >= 15 is 0 Å². The van der Waals surface area contributed by atoms with Gasteiger partial charge in [0.1, 0.15) is 0 Å². The second kappa shape index (κ2) is 3.01. The third-order valence-electron chi connectivity index (χ3n) is 1.48. The van der Waals surface area contributed by atoms with E-state index in [0.29, 0.717) is 4.73 Å². The van der Waals surface area contributed by atoms with E-state index in [-0.39, 0.29) is 11.0 Å². The van der Waals surface area contributed by atoms with Gasteiger partial charge in [0.25, 0.3) is 5.56 Å². The van der Waals surface area contributed by atoms with E-state index < -0.39 is 0 Å². The third-order valence-corrected chi connectivity index (χ3v) is 1.86. The molecule has 66 valence electrons. The van der Waals surface area contributed by atoms with Crippen LogP contribution in [0.4, 0.5) is 0 Å². The molecule has 0 saturated carbocycles. The van der Waals surface area contributed by atoms with Gasteiger partial charge in [0.15, 0.2) is 4.73 Å². The Bertz CT molecular complexity index is 338. The van der Waals surface area contributed by atoms with Crippen LogP contribution in [0.15, 0.2) is 15.6 Å². The summed E-state index contributed by atoms with van der Waals surface area (Å²) in [6.45, 7) is 6.05. The van der Waals surface area contributed by atoms with Crippen molar-refractivity contribution in [2.45, 2.75) is 26.2 Å². The lowest BCUT2D eigenvalue weighted by Gasteiger charge is -2.16. The van der Waals surface area contributed by atoms with E-state index in [9.17, 15) is 4.79 Å². The first-order chi connectivity index (χ1) is 5.39. The molecular weight excluding hydrogens is 220 g/mol. The predicted octanol–water partition coefficient (Wildman–Crippen LogP) is 1.83. The molecule has 0 aliphatic heterocycles. The zero-order valence-corrected chi connectivity index (χ0v) is 8.90. The zero-order chi connectivity index (χ0) is 9.35. The summed E-state index contributed by atoms with van der Waals surface area (Å²) in [5.74, 6) is 0. The number of halogens is 1. The molecule has 3 nitrogen and oxygen atoms in total. The van der Waals surface area contributed by atoms with Crippen molar-refractivity contribution >= 4 is 15.9 Å². The van der Waals surface area contributed by atoms with Crippen LogP contribution in [0.1, 0.15) is 26.5 Å². The lowest BCUT2D eigenvalue weighted by Crippen LogP contribution is -2.19. The van der Waals surface area contributed by atoms with Crippen molar-refractivity contribution in [2.24, 2.45) is 0 Å². The van der Waals surface area contributed by atoms with Crippen LogP contribution in [0.5, 0.6) is 0 Å². The molecule has 1 N–H and O–H groups in total. The van der Waals surface area contributed by atoms with Crippen LogP contribution in [0.25, 0.3) is 0 Å². The third kappa shape index (κ3) is 2.17. The summed E-state index contributed by atoms with van der Waals surface area (Å²) in [6, 6.07) is 1.52. The predicted molar refractivity (Wildman–Crippen MR) is 51.3 cm³/mol. The van der Waals surface area contributed by atoms with Crippen molar-refractivity contribution in [1.29, 1.82) is 0 Å². The second-order valence-corrected chi connectivity index (χ2v) is 4.42. The fourth-order valence-electron chi connectivity index (χ4n) is 0.812. The summed E-state index contributed by atoms with van der Waals surface area (Å²) in [5.41, 5.74) is 0.580. The minimum atomic E-state index is -0.123. The van der Waals surface area contributed by atoms with Gasteiger partial charge in [-0.15, -0.1) is 0 Å². The van der Waals surface area contributed by atoms with Gasteiger partial charge >= 0.3 is 0 Å². The van der Waals surface area contributed by atoms with Crippen LogP contribution < -0.4 is 5.56 Å². The molecule has 0 saturated heterocycles. The van der Waals surface area contributed by atoms with Gasteiger partial charge in [0, 0.05) is 11.5 Å². The molecule has 1 aromatic heterocycles. The maximum absolute atomic E-state index is 11.0. The number of H-pyrrole nitrogens is 1. The molecule has 0 spiro atoms. The monoisotopic (exact) mass is 230 g/mol. The van der Waals surface area contributed by atoms with Gasteiger partial charge in [-0.25, -0.2) is 4.98 Å². The maximum atomic E-state index is 11.0. The molecule has 4 heteroatoms. The fourth-order valence-corrected chi connectivity index (χ4v) is 1.20. The highest BCUT2D eigenvalue weighted by atomic mass is 79.9. The van der Waals surface area contributed by atoms with Gasteiger partial charge < -0.3 is 4.98 Å². The first-order valence-electron chi connectivity index (χ1n) is 3.67. The van der Waals surface area contributed by atoms with E-state index in [4.69, 9.17) is 0 Å². The highest BCUT2D eigenvalue weighted by molar-refractivity contribution is 9.10. The number of hydrogen-bond acceptors (Lipinski definition) is 2. The Labute approximate surface area is 79.4 Å². The zero-order valence-electron chi connectivity index (χ0n) is 7.31. The van der Waals surface area contributed by atoms with E-state index in [0.717, 1.165) is 5.69 Å². The SMILES string of the molecule is CC(C)(C)c1cc(=O)[nH]c(Br)n1. The van der Waals surface area contributed by atoms with Crippen LogP contribution in [0, 0.1) is 0 Å². The number of aromatic nitrogens is 2. The number of hydrogen-bond donors (Lipinski definition) is 1. The lowest BCUT2D eigenvalue weighted by atomic mass is 9.92. The Morgan fingerprint density at radius 2 is 2.08 bits per heavy atom. The smallest absolute Gasteiger partial charge is 0.251 e. The maximum Gasteiger partial charge on any atom is 0.251 e. The van der Waals surface area contributed by atoms with Crippen molar-refractivity contribution in [1.82, 2.24) is 9.97 Å². The average molecular weight is 231 g/mol. The van der Waals surface area contributed by atoms with E-state index in [2.05, 4.69) is 25.9 Å². The van der Waals surface area contributed by atoms with Crippen LogP contribution >= 0.6 is 15.9 Å². The van der Waals surface area contributed by atoms with Gasteiger partial charge in [-0.3, -0.25) is 4.79 Å². The Balaban J connectivity index is 3.27. The lowest BCUT2D eigenvalue weighted by molar-refractivity contribution is 0.563. The van der Waals surface area contributed by atoms with Crippen molar-refractivity contribution in [2.75, 3.05) is 0 Å². The second-order valence-electron chi connectivity index (χ2n) is 3.67.